The number of thiazole rings is 1. The summed E-state index contributed by atoms with van der Waals surface area (Å²) in [5.74, 6) is 0.873. The van der Waals surface area contributed by atoms with Gasteiger partial charge in [-0.1, -0.05) is 0 Å². The predicted molar refractivity (Wildman–Crippen MR) is 98.4 cm³/mol. The van der Waals surface area contributed by atoms with Gasteiger partial charge in [0.25, 0.3) is 0 Å². The van der Waals surface area contributed by atoms with Crippen LogP contribution in [0.4, 0.5) is 0 Å². The maximum Gasteiger partial charge on any atom is 0.191 e. The number of aryl methyl sites for hydroxylation is 2. The van der Waals surface area contributed by atoms with Crippen LogP contribution in [0.5, 0.6) is 0 Å². The minimum Gasteiger partial charge on any atom is -0.383 e. The smallest absolute Gasteiger partial charge is 0.191 e. The van der Waals surface area contributed by atoms with Gasteiger partial charge in [-0.15, -0.1) is 11.3 Å². The van der Waals surface area contributed by atoms with Crippen molar-refractivity contribution in [3.63, 3.8) is 0 Å². The molecule has 1 heterocycles. The van der Waals surface area contributed by atoms with Gasteiger partial charge < -0.3 is 20.3 Å². The van der Waals surface area contributed by atoms with Crippen LogP contribution in [-0.4, -0.2) is 62.8 Å². The lowest BCUT2D eigenvalue weighted by Crippen LogP contribution is -2.38. The fraction of sp³-hybridized carbons (Fsp3) is 0.750. The van der Waals surface area contributed by atoms with Crippen LogP contribution >= 0.6 is 11.3 Å². The monoisotopic (exact) mass is 341 g/mol. The zero-order valence-corrected chi connectivity index (χ0v) is 15.9. The van der Waals surface area contributed by atoms with Crippen LogP contribution in [0, 0.1) is 13.8 Å². The second-order valence-corrected chi connectivity index (χ2v) is 6.80. The highest BCUT2D eigenvalue weighted by molar-refractivity contribution is 7.11. The van der Waals surface area contributed by atoms with E-state index in [0.29, 0.717) is 6.54 Å². The molecule has 132 valence electrons. The number of nitrogens with zero attached hydrogens (tertiary/aromatic N) is 3. The van der Waals surface area contributed by atoms with Crippen molar-refractivity contribution in [3.05, 3.63) is 15.6 Å². The van der Waals surface area contributed by atoms with Crippen molar-refractivity contribution in [2.24, 2.45) is 4.99 Å². The van der Waals surface area contributed by atoms with Gasteiger partial charge in [0, 0.05) is 31.6 Å². The van der Waals surface area contributed by atoms with E-state index in [1.54, 1.807) is 18.4 Å². The average molecular weight is 342 g/mol. The minimum atomic E-state index is 0.681. The van der Waals surface area contributed by atoms with Crippen LogP contribution < -0.4 is 10.6 Å². The zero-order chi connectivity index (χ0) is 17.1. The number of likely N-dealkylation sites (N-methyl/N-ethyl adjacent to an activating group) is 1. The SMILES string of the molecule is CCNC(=NCc1sc(C)nc1C)NCCCN(C)CCOC. The molecule has 6 nitrogen and oxygen atoms in total. The van der Waals surface area contributed by atoms with Gasteiger partial charge in [-0.2, -0.15) is 0 Å². The molecule has 0 spiro atoms. The molecule has 2 N–H and O–H groups in total. The van der Waals surface area contributed by atoms with Crippen LogP contribution in [-0.2, 0) is 11.3 Å². The molecule has 0 saturated heterocycles. The number of rotatable bonds is 10. The number of hydrogen-bond donors (Lipinski definition) is 2. The first-order chi connectivity index (χ1) is 11.1. The third-order valence-corrected chi connectivity index (χ3v) is 4.47. The maximum atomic E-state index is 5.08. The molecule has 0 radical (unpaired) electrons. The Bertz CT molecular complexity index is 475. The third-order valence-electron chi connectivity index (χ3n) is 3.41. The van der Waals surface area contributed by atoms with E-state index in [-0.39, 0.29) is 0 Å². The molecule has 0 aliphatic heterocycles. The Morgan fingerprint density at radius 3 is 2.70 bits per heavy atom. The fourth-order valence-corrected chi connectivity index (χ4v) is 2.99. The van der Waals surface area contributed by atoms with Crippen LogP contribution in [0.3, 0.4) is 0 Å². The Balaban J connectivity index is 2.36. The highest BCUT2D eigenvalue weighted by atomic mass is 32.1. The standard InChI is InChI=1S/C16H31N5OS/c1-6-17-16(18-8-7-9-21(4)10-11-22-5)19-12-15-13(2)20-14(3)23-15/h6-12H2,1-5H3,(H2,17,18,19). The average Bonchev–Trinajstić information content (AvgIpc) is 2.84. The maximum absolute atomic E-state index is 5.08. The lowest BCUT2D eigenvalue weighted by Gasteiger charge is -2.16. The van der Waals surface area contributed by atoms with Gasteiger partial charge in [0.1, 0.15) is 0 Å². The van der Waals surface area contributed by atoms with E-state index in [9.17, 15) is 0 Å². The molecule has 0 fully saturated rings. The Labute approximate surface area is 144 Å². The Kier molecular flexibility index (Phi) is 9.82. The normalized spacial score (nSPS) is 12.0. The largest absolute Gasteiger partial charge is 0.383 e. The van der Waals surface area contributed by atoms with Crippen molar-refractivity contribution >= 4 is 17.3 Å². The Morgan fingerprint density at radius 1 is 1.30 bits per heavy atom. The van der Waals surface area contributed by atoms with Gasteiger partial charge in [-0.05, 0) is 40.8 Å². The van der Waals surface area contributed by atoms with Crippen molar-refractivity contribution in [3.8, 4) is 0 Å². The van der Waals surface area contributed by atoms with Crippen LogP contribution in [0.1, 0.15) is 28.9 Å². The summed E-state index contributed by atoms with van der Waals surface area (Å²) in [5.41, 5.74) is 1.09. The predicted octanol–water partition coefficient (Wildman–Crippen LogP) is 1.78. The second-order valence-electron chi connectivity index (χ2n) is 5.51. The highest BCUT2D eigenvalue weighted by Gasteiger charge is 2.05. The van der Waals surface area contributed by atoms with Crippen molar-refractivity contribution in [1.29, 1.82) is 0 Å². The molecule has 0 aliphatic rings. The molecule has 7 heteroatoms. The number of methoxy groups -OCH3 is 1. The zero-order valence-electron chi connectivity index (χ0n) is 15.1. The van der Waals surface area contributed by atoms with Gasteiger partial charge in [0.2, 0.25) is 0 Å². The number of ether oxygens (including phenoxy) is 1. The summed E-state index contributed by atoms with van der Waals surface area (Å²) in [5, 5.41) is 7.79. The number of guanidine groups is 1. The van der Waals surface area contributed by atoms with Crippen molar-refractivity contribution in [2.45, 2.75) is 33.7 Å². The summed E-state index contributed by atoms with van der Waals surface area (Å²) >= 11 is 1.72. The molecule has 0 aliphatic carbocycles. The van der Waals surface area contributed by atoms with Crippen LogP contribution in [0.15, 0.2) is 4.99 Å². The van der Waals surface area contributed by atoms with E-state index in [1.807, 2.05) is 13.8 Å². The summed E-state index contributed by atoms with van der Waals surface area (Å²) in [4.78, 5) is 12.6. The summed E-state index contributed by atoms with van der Waals surface area (Å²) in [6, 6.07) is 0. The molecule has 0 bridgehead atoms. The van der Waals surface area contributed by atoms with Crippen molar-refractivity contribution < 1.29 is 4.74 Å². The first-order valence-electron chi connectivity index (χ1n) is 8.19. The van der Waals surface area contributed by atoms with Crippen LogP contribution in [0.25, 0.3) is 0 Å². The molecule has 23 heavy (non-hydrogen) atoms. The first kappa shape index (κ1) is 19.9. The molecular weight excluding hydrogens is 310 g/mol. The summed E-state index contributed by atoms with van der Waals surface area (Å²) in [7, 11) is 3.86. The van der Waals surface area contributed by atoms with Crippen molar-refractivity contribution in [1.82, 2.24) is 20.5 Å². The van der Waals surface area contributed by atoms with E-state index < -0.39 is 0 Å². The van der Waals surface area contributed by atoms with Gasteiger partial charge in [-0.25, -0.2) is 9.98 Å². The van der Waals surface area contributed by atoms with E-state index in [4.69, 9.17) is 4.74 Å². The molecule has 0 amide bonds. The van der Waals surface area contributed by atoms with Gasteiger partial charge >= 0.3 is 0 Å². The molecule has 0 atom stereocenters. The molecule has 0 unspecified atom stereocenters. The van der Waals surface area contributed by atoms with Gasteiger partial charge in [-0.3, -0.25) is 0 Å². The highest BCUT2D eigenvalue weighted by Crippen LogP contribution is 2.17. The van der Waals surface area contributed by atoms with Crippen molar-refractivity contribution in [2.75, 3.05) is 46.9 Å². The number of aromatic nitrogens is 1. The fourth-order valence-electron chi connectivity index (χ4n) is 2.13. The molecule has 1 rings (SSSR count). The first-order valence-corrected chi connectivity index (χ1v) is 9.01. The van der Waals surface area contributed by atoms with Gasteiger partial charge in [0.05, 0.1) is 23.9 Å². The molecule has 0 saturated carbocycles. The van der Waals surface area contributed by atoms with E-state index in [2.05, 4.69) is 39.5 Å². The Morgan fingerprint density at radius 2 is 2.09 bits per heavy atom. The molecule has 0 aromatic carbocycles. The number of nitrogens with one attached hydrogen (secondary N) is 2. The summed E-state index contributed by atoms with van der Waals surface area (Å²) in [6.07, 6.45) is 1.07. The lowest BCUT2D eigenvalue weighted by molar-refractivity contribution is 0.161. The topological polar surface area (TPSA) is 61.8 Å². The van der Waals surface area contributed by atoms with E-state index >= 15 is 0 Å². The minimum absolute atomic E-state index is 0.681. The number of aliphatic imine (C=N–C) groups is 1. The van der Waals surface area contributed by atoms with E-state index in [1.165, 1.54) is 4.88 Å². The summed E-state index contributed by atoms with van der Waals surface area (Å²) < 4.78 is 5.08. The third kappa shape index (κ3) is 8.29. The molecular formula is C16H31N5OS. The lowest BCUT2D eigenvalue weighted by atomic mass is 10.4. The van der Waals surface area contributed by atoms with Gasteiger partial charge in [0.15, 0.2) is 5.96 Å². The quantitative estimate of drug-likeness (QED) is 0.386. The second kappa shape index (κ2) is 11.4. The molecule has 1 aromatic heterocycles. The number of hydrogen-bond acceptors (Lipinski definition) is 5. The Hall–Kier alpha value is -1.18. The molecule has 1 aromatic rings. The van der Waals surface area contributed by atoms with E-state index in [0.717, 1.165) is 55.9 Å². The van der Waals surface area contributed by atoms with Crippen LogP contribution in [0.2, 0.25) is 0 Å². The summed E-state index contributed by atoms with van der Waals surface area (Å²) in [6.45, 7) is 11.4.